The number of anilines is 1. The van der Waals surface area contributed by atoms with E-state index in [-0.39, 0.29) is 5.91 Å². The van der Waals surface area contributed by atoms with Gasteiger partial charge in [0.2, 0.25) is 0 Å². The highest BCUT2D eigenvalue weighted by Crippen LogP contribution is 2.25. The zero-order valence-electron chi connectivity index (χ0n) is 19.5. The van der Waals surface area contributed by atoms with E-state index in [4.69, 9.17) is 4.98 Å². The number of nitrogens with zero attached hydrogens (tertiary/aromatic N) is 3. The molecule has 0 aliphatic heterocycles. The fourth-order valence-corrected chi connectivity index (χ4v) is 4.42. The number of hydrogen-bond acceptors (Lipinski definition) is 4. The summed E-state index contributed by atoms with van der Waals surface area (Å²) in [5.74, 6) is 0.788. The summed E-state index contributed by atoms with van der Waals surface area (Å²) >= 11 is 0. The van der Waals surface area contributed by atoms with Crippen LogP contribution in [0.5, 0.6) is 0 Å². The first-order chi connectivity index (χ1) is 17.7. The number of amides is 1. The van der Waals surface area contributed by atoms with Crippen LogP contribution < -0.4 is 5.32 Å². The van der Waals surface area contributed by atoms with Crippen molar-refractivity contribution in [2.45, 2.75) is 12.8 Å². The molecule has 0 aliphatic carbocycles. The van der Waals surface area contributed by atoms with E-state index in [0.29, 0.717) is 5.56 Å². The minimum atomic E-state index is -0.168. The first-order valence-corrected chi connectivity index (χ1v) is 11.9. The number of aromatic nitrogens is 4. The number of hydrogen-bond donors (Lipinski definition) is 2. The van der Waals surface area contributed by atoms with Crippen molar-refractivity contribution in [3.8, 4) is 11.3 Å². The van der Waals surface area contributed by atoms with Gasteiger partial charge in [0.15, 0.2) is 0 Å². The number of imidazole rings is 1. The van der Waals surface area contributed by atoms with Crippen LogP contribution in [0.25, 0.3) is 33.2 Å². The van der Waals surface area contributed by atoms with Gasteiger partial charge in [-0.25, -0.2) is 9.97 Å². The lowest BCUT2D eigenvalue weighted by Gasteiger charge is -2.11. The summed E-state index contributed by atoms with van der Waals surface area (Å²) in [7, 11) is 0. The molecule has 0 aliphatic rings. The SMILES string of the molecule is O=C(Nc1cccc(CCc2nc3ccccc3[nH]2)c1)c1cc(-c2ccncc2)nc2ccccc12. The van der Waals surface area contributed by atoms with E-state index in [1.54, 1.807) is 12.4 Å². The van der Waals surface area contributed by atoms with Crippen molar-refractivity contribution in [2.24, 2.45) is 0 Å². The number of rotatable bonds is 6. The quantitative estimate of drug-likeness (QED) is 0.304. The highest BCUT2D eigenvalue weighted by atomic mass is 16.1. The van der Waals surface area contributed by atoms with Gasteiger partial charge in [0.05, 0.1) is 27.8 Å². The number of fused-ring (bicyclic) bond motifs is 2. The standard InChI is InChI=1S/C30H23N5O/c36-30(24-19-28(21-14-16-31-17-15-21)33-25-9-2-1-8-23(24)25)32-22-7-5-6-20(18-22)12-13-29-34-26-10-3-4-11-27(26)35-29/h1-11,14-19H,12-13H2,(H,32,36)(H,34,35). The molecular weight excluding hydrogens is 446 g/mol. The molecule has 3 heterocycles. The van der Waals surface area contributed by atoms with Gasteiger partial charge in [-0.15, -0.1) is 0 Å². The van der Waals surface area contributed by atoms with Crippen molar-refractivity contribution in [1.82, 2.24) is 19.9 Å². The molecule has 0 spiro atoms. The van der Waals surface area contributed by atoms with Gasteiger partial charge in [-0.2, -0.15) is 0 Å². The van der Waals surface area contributed by atoms with Crippen molar-refractivity contribution >= 4 is 33.5 Å². The van der Waals surface area contributed by atoms with Gasteiger partial charge < -0.3 is 10.3 Å². The van der Waals surface area contributed by atoms with Crippen molar-refractivity contribution in [3.63, 3.8) is 0 Å². The molecule has 0 saturated heterocycles. The largest absolute Gasteiger partial charge is 0.342 e. The Morgan fingerprint density at radius 2 is 1.58 bits per heavy atom. The topological polar surface area (TPSA) is 83.6 Å². The van der Waals surface area contributed by atoms with Gasteiger partial charge in [0, 0.05) is 35.5 Å². The highest BCUT2D eigenvalue weighted by molar-refractivity contribution is 6.13. The molecule has 0 unspecified atom stereocenters. The number of para-hydroxylation sites is 3. The van der Waals surface area contributed by atoms with Gasteiger partial charge >= 0.3 is 0 Å². The Bertz CT molecular complexity index is 1660. The lowest BCUT2D eigenvalue weighted by molar-refractivity contribution is 0.102. The number of H-pyrrole nitrogens is 1. The minimum absolute atomic E-state index is 0.168. The fourth-order valence-electron chi connectivity index (χ4n) is 4.42. The molecule has 0 atom stereocenters. The number of carbonyl (C=O) groups excluding carboxylic acids is 1. The van der Waals surface area contributed by atoms with E-state index in [2.05, 4.69) is 26.3 Å². The highest BCUT2D eigenvalue weighted by Gasteiger charge is 2.14. The maximum Gasteiger partial charge on any atom is 0.256 e. The Kier molecular flexibility index (Phi) is 5.68. The van der Waals surface area contributed by atoms with Gasteiger partial charge in [-0.05, 0) is 60.5 Å². The van der Waals surface area contributed by atoms with E-state index < -0.39 is 0 Å². The summed E-state index contributed by atoms with van der Waals surface area (Å²) in [5, 5.41) is 3.90. The Morgan fingerprint density at radius 3 is 2.44 bits per heavy atom. The van der Waals surface area contributed by atoms with Crippen LogP contribution in [0.4, 0.5) is 5.69 Å². The second-order valence-corrected chi connectivity index (χ2v) is 8.66. The first-order valence-electron chi connectivity index (χ1n) is 11.9. The number of pyridine rings is 2. The Labute approximate surface area is 208 Å². The van der Waals surface area contributed by atoms with Crippen LogP contribution in [0.15, 0.2) is 103 Å². The molecule has 6 aromatic rings. The van der Waals surface area contributed by atoms with Gasteiger partial charge in [0.25, 0.3) is 5.91 Å². The number of aromatic amines is 1. The Morgan fingerprint density at radius 1 is 0.778 bits per heavy atom. The molecule has 174 valence electrons. The van der Waals surface area contributed by atoms with Crippen LogP contribution in [0.1, 0.15) is 21.7 Å². The fraction of sp³-hybridized carbons (Fsp3) is 0.0667. The number of benzene rings is 3. The molecular formula is C30H23N5O. The molecule has 3 aromatic heterocycles. The minimum Gasteiger partial charge on any atom is -0.342 e. The van der Waals surface area contributed by atoms with Gasteiger partial charge in [-0.3, -0.25) is 9.78 Å². The lowest BCUT2D eigenvalue weighted by atomic mass is 10.0. The third kappa shape index (κ3) is 4.44. The summed E-state index contributed by atoms with van der Waals surface area (Å²) in [6, 6.07) is 29.3. The van der Waals surface area contributed by atoms with E-state index in [1.165, 1.54) is 0 Å². The first kappa shape index (κ1) is 21.7. The average Bonchev–Trinajstić information content (AvgIpc) is 3.35. The molecule has 1 amide bonds. The molecule has 3 aromatic carbocycles. The van der Waals surface area contributed by atoms with Crippen LogP contribution in [-0.4, -0.2) is 25.8 Å². The van der Waals surface area contributed by atoms with E-state index in [0.717, 1.165) is 63.1 Å². The summed E-state index contributed by atoms with van der Waals surface area (Å²) in [6.45, 7) is 0. The molecule has 6 nitrogen and oxygen atoms in total. The molecule has 6 heteroatoms. The van der Waals surface area contributed by atoms with E-state index in [9.17, 15) is 4.79 Å². The zero-order chi connectivity index (χ0) is 24.3. The average molecular weight is 470 g/mol. The second-order valence-electron chi connectivity index (χ2n) is 8.66. The summed E-state index contributed by atoms with van der Waals surface area (Å²) < 4.78 is 0. The van der Waals surface area contributed by atoms with Gasteiger partial charge in [0.1, 0.15) is 5.82 Å². The molecule has 36 heavy (non-hydrogen) atoms. The molecule has 0 saturated carbocycles. The van der Waals surface area contributed by atoms with Crippen molar-refractivity contribution in [3.05, 3.63) is 120 Å². The van der Waals surface area contributed by atoms with Crippen LogP contribution >= 0.6 is 0 Å². The maximum absolute atomic E-state index is 13.4. The monoisotopic (exact) mass is 469 g/mol. The maximum atomic E-state index is 13.4. The van der Waals surface area contributed by atoms with Crippen molar-refractivity contribution < 1.29 is 4.79 Å². The van der Waals surface area contributed by atoms with Crippen LogP contribution in [0, 0.1) is 0 Å². The predicted molar refractivity (Wildman–Crippen MR) is 143 cm³/mol. The third-order valence-electron chi connectivity index (χ3n) is 6.21. The van der Waals surface area contributed by atoms with Crippen molar-refractivity contribution in [2.75, 3.05) is 5.32 Å². The second kappa shape index (κ2) is 9.43. The van der Waals surface area contributed by atoms with E-state index >= 15 is 0 Å². The molecule has 2 N–H and O–H groups in total. The normalized spacial score (nSPS) is 11.1. The van der Waals surface area contributed by atoms with Crippen LogP contribution in [0.3, 0.4) is 0 Å². The summed E-state index contributed by atoms with van der Waals surface area (Å²) in [5.41, 5.74) is 6.92. The number of carbonyl (C=O) groups is 1. The Hall–Kier alpha value is -4.84. The Balaban J connectivity index is 1.24. The summed E-state index contributed by atoms with van der Waals surface area (Å²) in [6.07, 6.45) is 5.05. The van der Waals surface area contributed by atoms with Gasteiger partial charge in [-0.1, -0.05) is 42.5 Å². The number of nitrogens with one attached hydrogen (secondary N) is 2. The zero-order valence-corrected chi connectivity index (χ0v) is 19.5. The lowest BCUT2D eigenvalue weighted by Crippen LogP contribution is -2.13. The smallest absolute Gasteiger partial charge is 0.256 e. The predicted octanol–water partition coefficient (Wildman–Crippen LogP) is 6.21. The van der Waals surface area contributed by atoms with Crippen molar-refractivity contribution in [1.29, 1.82) is 0 Å². The summed E-state index contributed by atoms with van der Waals surface area (Å²) in [4.78, 5) is 30.3. The third-order valence-corrected chi connectivity index (χ3v) is 6.21. The van der Waals surface area contributed by atoms with E-state index in [1.807, 2.05) is 84.9 Å². The molecule has 6 rings (SSSR count). The van der Waals surface area contributed by atoms with Crippen LogP contribution in [0.2, 0.25) is 0 Å². The molecule has 0 bridgehead atoms. The molecule has 0 fully saturated rings. The number of aryl methyl sites for hydroxylation is 2. The molecule has 0 radical (unpaired) electrons. The van der Waals surface area contributed by atoms with Crippen LogP contribution in [-0.2, 0) is 12.8 Å².